The monoisotopic (exact) mass is 368 g/mol. The van der Waals surface area contributed by atoms with E-state index in [0.717, 1.165) is 12.8 Å². The van der Waals surface area contributed by atoms with Crippen molar-refractivity contribution in [2.45, 2.75) is 32.9 Å². The first-order chi connectivity index (χ1) is 12.5. The van der Waals surface area contributed by atoms with Gasteiger partial charge in [-0.2, -0.15) is 13.8 Å². The molecule has 0 unspecified atom stereocenters. The van der Waals surface area contributed by atoms with E-state index in [1.165, 1.54) is 24.3 Å². The normalized spacial score (nSPS) is 10.5. The van der Waals surface area contributed by atoms with Crippen molar-refractivity contribution in [3.05, 3.63) is 30.5 Å². The molecule has 1 heterocycles. The predicted octanol–water partition coefficient (Wildman–Crippen LogP) is 3.46. The molecule has 0 aliphatic rings. The van der Waals surface area contributed by atoms with Gasteiger partial charge < -0.3 is 14.8 Å². The Hall–Kier alpha value is -3.17. The summed E-state index contributed by atoms with van der Waals surface area (Å²) in [6, 6.07) is 4.92. The predicted molar refractivity (Wildman–Crippen MR) is 89.5 cm³/mol. The van der Waals surface area contributed by atoms with Gasteiger partial charge in [-0.15, -0.1) is 0 Å². The Morgan fingerprint density at radius 2 is 2.04 bits per heavy atom. The Morgan fingerprint density at radius 1 is 1.31 bits per heavy atom. The fourth-order valence-corrected chi connectivity index (χ4v) is 2.08. The van der Waals surface area contributed by atoms with Gasteiger partial charge in [-0.05, 0) is 30.7 Å². The van der Waals surface area contributed by atoms with E-state index in [1.54, 1.807) is 10.8 Å². The lowest BCUT2D eigenvalue weighted by atomic mass is 10.3. The number of nitrogens with zero attached hydrogens (tertiary/aromatic N) is 2. The van der Waals surface area contributed by atoms with Crippen molar-refractivity contribution in [1.29, 1.82) is 0 Å². The van der Waals surface area contributed by atoms with Gasteiger partial charge in [0.2, 0.25) is 0 Å². The number of unbranched alkanes of at least 4 members (excludes halogenated alkanes) is 1. The fraction of sp³-hybridized carbons (Fsp3) is 0.312. The Kier molecular flexibility index (Phi) is 6.89. The number of carbonyl (C=O) groups is 2. The molecule has 2 rings (SSSR count). The summed E-state index contributed by atoms with van der Waals surface area (Å²) in [5.41, 5.74) is 0.374. The second kappa shape index (κ2) is 9.35. The molecule has 0 radical (unpaired) electrons. The number of carbonyl (C=O) groups excluding carboxylic acids is 2. The quantitative estimate of drug-likeness (QED) is 0.661. The molecule has 1 aromatic carbocycles. The minimum absolute atomic E-state index is 0.0173. The van der Waals surface area contributed by atoms with Crippen LogP contribution in [0, 0.1) is 0 Å². The topological polar surface area (TPSA) is 94.5 Å². The molecule has 0 aliphatic carbocycles. The van der Waals surface area contributed by atoms with E-state index in [2.05, 4.69) is 20.4 Å². The molecule has 0 bridgehead atoms. The van der Waals surface area contributed by atoms with Crippen molar-refractivity contribution in [2.24, 2.45) is 0 Å². The zero-order valence-corrected chi connectivity index (χ0v) is 13.9. The van der Waals surface area contributed by atoms with E-state index >= 15 is 0 Å². The number of hydrogen-bond donors (Lipinski definition) is 2. The number of amides is 2. The molecular weight excluding hydrogens is 350 g/mol. The summed E-state index contributed by atoms with van der Waals surface area (Å²) in [4.78, 5) is 26.6. The minimum Gasteiger partial charge on any atom is -0.435 e. The molecule has 2 aromatic rings. The summed E-state index contributed by atoms with van der Waals surface area (Å²) in [5, 5.41) is 5.03. The molecule has 0 spiro atoms. The van der Waals surface area contributed by atoms with Crippen LogP contribution in [0.5, 0.6) is 11.8 Å². The third-order valence-corrected chi connectivity index (χ3v) is 3.22. The second-order valence-electron chi connectivity index (χ2n) is 5.15. The van der Waals surface area contributed by atoms with E-state index in [0.29, 0.717) is 12.2 Å². The summed E-state index contributed by atoms with van der Waals surface area (Å²) < 4.78 is 34.8. The molecule has 26 heavy (non-hydrogen) atoms. The molecule has 10 heteroatoms. The molecule has 140 valence electrons. The number of alkyl halides is 2. The van der Waals surface area contributed by atoms with Gasteiger partial charge in [-0.3, -0.25) is 14.7 Å². The first kappa shape index (κ1) is 19.2. The maximum atomic E-state index is 12.1. The molecule has 0 aliphatic heterocycles. The van der Waals surface area contributed by atoms with Crippen LogP contribution in [0.2, 0.25) is 0 Å². The van der Waals surface area contributed by atoms with Crippen LogP contribution in [0.3, 0.4) is 0 Å². The van der Waals surface area contributed by atoms with E-state index < -0.39 is 12.6 Å². The lowest BCUT2D eigenvalue weighted by Gasteiger charge is -2.07. The van der Waals surface area contributed by atoms with E-state index in [9.17, 15) is 18.4 Å². The number of anilines is 2. The Morgan fingerprint density at radius 3 is 2.65 bits per heavy atom. The fourth-order valence-electron chi connectivity index (χ4n) is 2.08. The Bertz CT molecular complexity index is 734. The van der Waals surface area contributed by atoms with Crippen molar-refractivity contribution in [2.75, 3.05) is 10.6 Å². The van der Waals surface area contributed by atoms with Crippen LogP contribution < -0.4 is 20.1 Å². The number of benzene rings is 1. The molecular formula is C16H18F2N4O4. The molecule has 0 saturated carbocycles. The average Bonchev–Trinajstić information content (AvgIpc) is 2.96. The summed E-state index contributed by atoms with van der Waals surface area (Å²) in [5.74, 6) is 0.185. The second-order valence-corrected chi connectivity index (χ2v) is 5.15. The molecule has 2 amide bonds. The van der Waals surface area contributed by atoms with Gasteiger partial charge in [-0.25, -0.2) is 4.79 Å². The summed E-state index contributed by atoms with van der Waals surface area (Å²) in [6.45, 7) is -0.0524. The van der Waals surface area contributed by atoms with Crippen LogP contribution >= 0.6 is 0 Å². The van der Waals surface area contributed by atoms with E-state index in [-0.39, 0.29) is 24.1 Å². The Labute approximate surface area is 148 Å². The largest absolute Gasteiger partial charge is 0.435 e. The molecule has 2 N–H and O–H groups in total. The molecule has 1 aromatic heterocycles. The highest BCUT2D eigenvalue weighted by atomic mass is 19.3. The average molecular weight is 368 g/mol. The highest BCUT2D eigenvalue weighted by Crippen LogP contribution is 2.19. The van der Waals surface area contributed by atoms with Crippen molar-refractivity contribution < 1.29 is 27.8 Å². The first-order valence-corrected chi connectivity index (χ1v) is 7.82. The number of rotatable bonds is 9. The molecule has 0 fully saturated rings. The van der Waals surface area contributed by atoms with Crippen molar-refractivity contribution in [3.63, 3.8) is 0 Å². The third-order valence-electron chi connectivity index (χ3n) is 3.22. The van der Waals surface area contributed by atoms with Gasteiger partial charge in [0, 0.05) is 12.2 Å². The minimum atomic E-state index is -2.91. The van der Waals surface area contributed by atoms with Crippen molar-refractivity contribution in [1.82, 2.24) is 9.55 Å². The first-order valence-electron chi connectivity index (χ1n) is 7.82. The van der Waals surface area contributed by atoms with Crippen molar-refractivity contribution in [3.8, 4) is 11.8 Å². The molecule has 0 atom stereocenters. The maximum absolute atomic E-state index is 12.1. The summed E-state index contributed by atoms with van der Waals surface area (Å²) >= 11 is 0. The van der Waals surface area contributed by atoms with Crippen LogP contribution in [0.15, 0.2) is 30.5 Å². The lowest BCUT2D eigenvalue weighted by molar-refractivity contribution is -0.121. The van der Waals surface area contributed by atoms with Crippen LogP contribution in [0.4, 0.5) is 25.1 Å². The highest BCUT2D eigenvalue weighted by Gasteiger charge is 2.12. The highest BCUT2D eigenvalue weighted by molar-refractivity contribution is 5.99. The van der Waals surface area contributed by atoms with E-state index in [1.807, 2.05) is 6.92 Å². The van der Waals surface area contributed by atoms with E-state index in [4.69, 9.17) is 4.74 Å². The molecule has 0 saturated heterocycles. The number of imidazole rings is 1. The lowest BCUT2D eigenvalue weighted by Crippen LogP contribution is -2.19. The number of nitrogens with one attached hydrogen (secondary N) is 2. The van der Waals surface area contributed by atoms with Gasteiger partial charge in [0.05, 0.1) is 6.20 Å². The number of urea groups is 1. The van der Waals surface area contributed by atoms with Gasteiger partial charge in [0.25, 0.3) is 0 Å². The van der Waals surface area contributed by atoms with Crippen molar-refractivity contribution >= 4 is 24.0 Å². The summed E-state index contributed by atoms with van der Waals surface area (Å²) in [7, 11) is 0. The smallest absolute Gasteiger partial charge is 0.387 e. The SMILES string of the molecule is CCCCn1cc(NC(=O)Nc2ccc(OC(F)F)cc2)nc1OC=O. The van der Waals surface area contributed by atoms with Crippen LogP contribution in [-0.2, 0) is 11.3 Å². The zero-order valence-electron chi connectivity index (χ0n) is 13.9. The third kappa shape index (κ3) is 5.72. The zero-order chi connectivity index (χ0) is 18.9. The van der Waals surface area contributed by atoms with Gasteiger partial charge in [0.1, 0.15) is 5.75 Å². The number of halogens is 2. The van der Waals surface area contributed by atoms with Crippen LogP contribution in [-0.4, -0.2) is 28.7 Å². The Balaban J connectivity index is 1.97. The van der Waals surface area contributed by atoms with Crippen LogP contribution in [0.25, 0.3) is 0 Å². The van der Waals surface area contributed by atoms with Crippen LogP contribution in [0.1, 0.15) is 19.8 Å². The van der Waals surface area contributed by atoms with Gasteiger partial charge in [-0.1, -0.05) is 13.3 Å². The number of hydrogen-bond acceptors (Lipinski definition) is 5. The summed E-state index contributed by atoms with van der Waals surface area (Å²) in [6.07, 6.45) is 3.34. The van der Waals surface area contributed by atoms with Gasteiger partial charge >= 0.3 is 25.1 Å². The maximum Gasteiger partial charge on any atom is 0.387 e. The number of aromatic nitrogens is 2. The standard InChI is InChI=1S/C16H18F2N4O4/c1-2-3-8-22-9-13(21-16(22)25-10-23)20-15(24)19-11-4-6-12(7-5-11)26-14(17)18/h4-7,9-10,14H,2-3,8H2,1H3,(H2,19,20,24). The number of aryl methyl sites for hydroxylation is 1. The molecule has 8 nitrogen and oxygen atoms in total. The number of ether oxygens (including phenoxy) is 2. The van der Waals surface area contributed by atoms with Gasteiger partial charge in [0.15, 0.2) is 5.82 Å².